The van der Waals surface area contributed by atoms with Crippen molar-refractivity contribution in [2.75, 3.05) is 26.0 Å². The van der Waals surface area contributed by atoms with Crippen molar-refractivity contribution in [2.24, 2.45) is 0 Å². The number of aromatic nitrogens is 7. The summed E-state index contributed by atoms with van der Waals surface area (Å²) in [4.78, 5) is 35.3. The van der Waals surface area contributed by atoms with Gasteiger partial charge in [-0.15, -0.1) is 0 Å². The number of aromatic amines is 2. The maximum Gasteiger partial charge on any atom is 0.238 e. The Morgan fingerprint density at radius 3 is 2.65 bits per heavy atom. The van der Waals surface area contributed by atoms with Crippen LogP contribution in [-0.4, -0.2) is 66.6 Å². The van der Waals surface area contributed by atoms with Gasteiger partial charge in [-0.25, -0.2) is 4.98 Å². The average Bonchev–Trinajstić information content (AvgIpc) is 3.52. The van der Waals surface area contributed by atoms with Crippen molar-refractivity contribution in [3.05, 3.63) is 73.4 Å². The zero-order chi connectivity index (χ0) is 25.4. The third-order valence-electron chi connectivity index (χ3n) is 5.94. The van der Waals surface area contributed by atoms with Crippen LogP contribution in [0.4, 0.5) is 5.69 Å². The fourth-order valence-corrected chi connectivity index (χ4v) is 4.29. The van der Waals surface area contributed by atoms with Crippen LogP contribution in [0.2, 0.25) is 0 Å². The average molecular weight is 490 g/mol. The van der Waals surface area contributed by atoms with Gasteiger partial charge in [0.05, 0.1) is 35.2 Å². The van der Waals surface area contributed by atoms with Gasteiger partial charge >= 0.3 is 0 Å². The van der Waals surface area contributed by atoms with Gasteiger partial charge in [-0.2, -0.15) is 5.10 Å². The number of hydrogen-bond acceptors (Lipinski definition) is 7. The lowest BCUT2D eigenvalue weighted by Gasteiger charge is -2.11. The fourth-order valence-electron chi connectivity index (χ4n) is 4.29. The smallest absolute Gasteiger partial charge is 0.238 e. The van der Waals surface area contributed by atoms with Crippen LogP contribution in [0.1, 0.15) is 0 Å². The molecule has 0 spiro atoms. The lowest BCUT2D eigenvalue weighted by atomic mass is 10.0. The van der Waals surface area contributed by atoms with E-state index in [-0.39, 0.29) is 5.91 Å². The summed E-state index contributed by atoms with van der Waals surface area (Å²) in [7, 11) is 3.70. The number of anilines is 1. The summed E-state index contributed by atoms with van der Waals surface area (Å²) < 4.78 is 0. The number of rotatable bonds is 6. The van der Waals surface area contributed by atoms with Crippen LogP contribution in [0.5, 0.6) is 0 Å². The van der Waals surface area contributed by atoms with Gasteiger partial charge in [-0.1, -0.05) is 6.07 Å². The second-order valence-electron chi connectivity index (χ2n) is 8.96. The highest BCUT2D eigenvalue weighted by Crippen LogP contribution is 2.32. The number of amides is 1. The minimum Gasteiger partial charge on any atom is -0.336 e. The molecule has 182 valence electrons. The summed E-state index contributed by atoms with van der Waals surface area (Å²) in [6, 6.07) is 13.7. The van der Waals surface area contributed by atoms with E-state index in [2.05, 4.69) is 35.5 Å². The Kier molecular flexibility index (Phi) is 5.62. The summed E-state index contributed by atoms with van der Waals surface area (Å²) in [5, 5.41) is 11.5. The third-order valence-corrected chi connectivity index (χ3v) is 5.94. The van der Waals surface area contributed by atoms with E-state index in [1.807, 2.05) is 61.5 Å². The monoisotopic (exact) mass is 489 g/mol. The Hall–Kier alpha value is -4.96. The Bertz CT molecular complexity index is 1740. The summed E-state index contributed by atoms with van der Waals surface area (Å²) in [5.41, 5.74) is 7.32. The Labute approximate surface area is 211 Å². The molecule has 0 fully saturated rings. The number of benzene rings is 1. The highest BCUT2D eigenvalue weighted by atomic mass is 16.2. The summed E-state index contributed by atoms with van der Waals surface area (Å²) in [6.45, 7) is 0.296. The van der Waals surface area contributed by atoms with Crippen LogP contribution in [-0.2, 0) is 4.79 Å². The number of carbonyl (C=O) groups is 1. The number of H-pyrrole nitrogens is 2. The lowest BCUT2D eigenvalue weighted by molar-refractivity contribution is -0.116. The molecule has 1 aromatic carbocycles. The molecule has 0 aliphatic heterocycles. The maximum atomic E-state index is 12.2. The quantitative estimate of drug-likeness (QED) is 0.321. The van der Waals surface area contributed by atoms with Crippen molar-refractivity contribution in [2.45, 2.75) is 0 Å². The van der Waals surface area contributed by atoms with E-state index < -0.39 is 0 Å². The predicted molar refractivity (Wildman–Crippen MR) is 143 cm³/mol. The van der Waals surface area contributed by atoms with Crippen molar-refractivity contribution in [3.63, 3.8) is 0 Å². The highest BCUT2D eigenvalue weighted by Gasteiger charge is 2.16. The standard InChI is InChI=1S/C27H23N9O/c1-36(2)15-23(37)31-19-10-18(13-29-14-19)16-5-6-21-20(11-16)25(35-34-21)27-32-22-7-9-30-24(26(22)33-27)17-4-3-8-28-12-17/h3-14H,15H2,1-2H3,(H,31,37)(H,32,33)(H,34,35). The van der Waals surface area contributed by atoms with Gasteiger partial charge in [0.2, 0.25) is 5.91 Å². The van der Waals surface area contributed by atoms with E-state index in [9.17, 15) is 4.79 Å². The maximum absolute atomic E-state index is 12.2. The number of carbonyl (C=O) groups excluding carboxylic acids is 1. The summed E-state index contributed by atoms with van der Waals surface area (Å²) in [6.07, 6.45) is 8.68. The molecule has 0 radical (unpaired) electrons. The van der Waals surface area contributed by atoms with Gasteiger partial charge in [0.25, 0.3) is 0 Å². The van der Waals surface area contributed by atoms with Crippen molar-refractivity contribution in [1.82, 2.24) is 40.0 Å². The molecule has 1 amide bonds. The van der Waals surface area contributed by atoms with Crippen molar-refractivity contribution >= 4 is 33.5 Å². The Morgan fingerprint density at radius 1 is 0.919 bits per heavy atom. The number of pyridine rings is 3. The SMILES string of the molecule is CN(C)CC(=O)Nc1cncc(-c2ccc3[nH]nc(-c4nc5c(-c6cccnc6)nccc5[nH]4)c3c2)c1. The van der Waals surface area contributed by atoms with Gasteiger partial charge in [-0.05, 0) is 56.1 Å². The van der Waals surface area contributed by atoms with Crippen LogP contribution < -0.4 is 5.32 Å². The third kappa shape index (κ3) is 4.41. The first kappa shape index (κ1) is 22.5. The van der Waals surface area contributed by atoms with Gasteiger partial charge in [0.1, 0.15) is 11.2 Å². The number of imidazole rings is 1. The molecule has 0 atom stereocenters. The molecule has 10 heteroatoms. The van der Waals surface area contributed by atoms with Gasteiger partial charge in [-0.3, -0.25) is 24.8 Å². The van der Waals surface area contributed by atoms with E-state index in [1.54, 1.807) is 31.0 Å². The summed E-state index contributed by atoms with van der Waals surface area (Å²) >= 11 is 0. The van der Waals surface area contributed by atoms with Crippen molar-refractivity contribution < 1.29 is 4.79 Å². The van der Waals surface area contributed by atoms with E-state index in [0.29, 0.717) is 23.8 Å². The molecule has 0 saturated carbocycles. The lowest BCUT2D eigenvalue weighted by Crippen LogP contribution is -2.27. The molecule has 37 heavy (non-hydrogen) atoms. The van der Waals surface area contributed by atoms with Gasteiger partial charge in [0.15, 0.2) is 5.82 Å². The van der Waals surface area contributed by atoms with Crippen LogP contribution >= 0.6 is 0 Å². The molecule has 5 aromatic heterocycles. The number of nitrogens with one attached hydrogen (secondary N) is 3. The van der Waals surface area contributed by atoms with Crippen molar-refractivity contribution in [3.8, 4) is 33.9 Å². The number of hydrogen-bond donors (Lipinski definition) is 3. The van der Waals surface area contributed by atoms with Gasteiger partial charge in [0, 0.05) is 41.3 Å². The first-order valence-corrected chi connectivity index (χ1v) is 11.7. The highest BCUT2D eigenvalue weighted by molar-refractivity contribution is 5.98. The number of nitrogens with zero attached hydrogens (tertiary/aromatic N) is 6. The molecule has 0 aliphatic rings. The van der Waals surface area contributed by atoms with Gasteiger partial charge < -0.3 is 15.2 Å². The minimum atomic E-state index is -0.0958. The molecule has 0 saturated heterocycles. The summed E-state index contributed by atoms with van der Waals surface area (Å²) in [5.74, 6) is 0.543. The molecule has 6 rings (SSSR count). The van der Waals surface area contributed by atoms with E-state index in [4.69, 9.17) is 4.98 Å². The molecule has 5 heterocycles. The van der Waals surface area contributed by atoms with Crippen LogP contribution in [0.25, 0.3) is 55.8 Å². The first-order valence-electron chi connectivity index (χ1n) is 11.7. The van der Waals surface area contributed by atoms with E-state index in [1.165, 1.54) is 0 Å². The predicted octanol–water partition coefficient (Wildman–Crippen LogP) is 4.13. The normalized spacial score (nSPS) is 11.4. The molecule has 0 bridgehead atoms. The molecule has 3 N–H and O–H groups in total. The molecular formula is C27H23N9O. The Balaban J connectivity index is 1.38. The number of likely N-dealkylation sites (N-methyl/N-ethyl adjacent to an activating group) is 1. The molecular weight excluding hydrogens is 466 g/mol. The first-order chi connectivity index (χ1) is 18.0. The number of fused-ring (bicyclic) bond motifs is 2. The van der Waals surface area contributed by atoms with E-state index in [0.717, 1.165) is 44.3 Å². The molecule has 6 aromatic rings. The Morgan fingerprint density at radius 2 is 1.81 bits per heavy atom. The largest absolute Gasteiger partial charge is 0.336 e. The zero-order valence-corrected chi connectivity index (χ0v) is 20.2. The minimum absolute atomic E-state index is 0.0958. The molecule has 10 nitrogen and oxygen atoms in total. The zero-order valence-electron chi connectivity index (χ0n) is 20.2. The van der Waals surface area contributed by atoms with Crippen LogP contribution in [0.3, 0.4) is 0 Å². The second kappa shape index (κ2) is 9.25. The van der Waals surface area contributed by atoms with E-state index >= 15 is 0 Å². The molecule has 0 unspecified atom stereocenters. The van der Waals surface area contributed by atoms with Crippen LogP contribution in [0.15, 0.2) is 73.4 Å². The van der Waals surface area contributed by atoms with Crippen LogP contribution in [0, 0.1) is 0 Å². The fraction of sp³-hybridized carbons (Fsp3) is 0.111. The molecule has 0 aliphatic carbocycles. The topological polar surface area (TPSA) is 128 Å². The second-order valence-corrected chi connectivity index (χ2v) is 8.96. The van der Waals surface area contributed by atoms with Crippen molar-refractivity contribution in [1.29, 1.82) is 0 Å².